The molecule has 0 bridgehead atoms. The molecule has 1 N–H and O–H groups in total. The fourth-order valence-corrected chi connectivity index (χ4v) is 3.44. The molecule has 1 aliphatic rings. The van der Waals surface area contributed by atoms with Crippen LogP contribution >= 0.6 is 0 Å². The summed E-state index contributed by atoms with van der Waals surface area (Å²) in [5.41, 5.74) is 4.39. The lowest BCUT2D eigenvalue weighted by Gasteiger charge is -2.18. The number of aliphatic imine (C=N–C) groups is 1. The molecular formula is C23H22N4O. The molecule has 28 heavy (non-hydrogen) atoms. The van der Waals surface area contributed by atoms with Gasteiger partial charge in [-0.05, 0) is 44.0 Å². The number of aromatic nitrogens is 2. The third-order valence-corrected chi connectivity index (χ3v) is 4.92. The van der Waals surface area contributed by atoms with E-state index in [-0.39, 0.29) is 17.9 Å². The molecule has 0 spiro atoms. The molecule has 140 valence electrons. The Balaban J connectivity index is 1.72. The zero-order chi connectivity index (χ0) is 19.7. The van der Waals surface area contributed by atoms with Crippen LogP contribution in [0.25, 0.3) is 10.9 Å². The third-order valence-electron chi connectivity index (χ3n) is 4.92. The molecule has 0 saturated carbocycles. The molecule has 0 saturated heterocycles. The van der Waals surface area contributed by atoms with Gasteiger partial charge in [0, 0.05) is 29.6 Å². The van der Waals surface area contributed by atoms with Crippen molar-refractivity contribution in [1.29, 1.82) is 0 Å². The Kier molecular flexibility index (Phi) is 4.74. The van der Waals surface area contributed by atoms with Crippen molar-refractivity contribution >= 4 is 28.8 Å². The van der Waals surface area contributed by atoms with Crippen molar-refractivity contribution in [2.75, 3.05) is 5.32 Å². The topological polar surface area (TPSA) is 67.2 Å². The fourth-order valence-electron chi connectivity index (χ4n) is 3.44. The van der Waals surface area contributed by atoms with Crippen LogP contribution in [-0.2, 0) is 4.79 Å². The number of nitrogens with zero attached hydrogens (tertiary/aromatic N) is 3. The van der Waals surface area contributed by atoms with E-state index in [1.54, 1.807) is 6.21 Å². The first-order valence-corrected chi connectivity index (χ1v) is 9.37. The molecule has 5 heteroatoms. The number of dihydropyridines is 1. The standard InChI is InChI=1S/C23H22N4O/c1-14-5-4-6-17(11-14)15(2)25-23-20-12-18(19-8-10-22(28)24-13-19)7-9-21(20)26-16(3)27-23/h4-13,15,19H,1-3H3,(H,25,26,27)/t15-,19?/m1/s1. The number of hydrogen-bond donors (Lipinski definition) is 1. The van der Waals surface area contributed by atoms with E-state index < -0.39 is 0 Å². The SMILES string of the molecule is Cc1cccc([C@@H](C)Nc2nc(C)nc3ccc(C4C=CC(=O)N=C4)cc23)c1. The molecule has 1 aliphatic heterocycles. The molecular weight excluding hydrogens is 348 g/mol. The van der Waals surface area contributed by atoms with E-state index in [1.807, 2.05) is 25.1 Å². The van der Waals surface area contributed by atoms with Gasteiger partial charge in [-0.1, -0.05) is 42.0 Å². The van der Waals surface area contributed by atoms with E-state index in [4.69, 9.17) is 0 Å². The normalized spacial score (nSPS) is 17.1. The zero-order valence-electron chi connectivity index (χ0n) is 16.2. The zero-order valence-corrected chi connectivity index (χ0v) is 16.2. The second kappa shape index (κ2) is 7.35. The lowest BCUT2D eigenvalue weighted by molar-refractivity contribution is -0.113. The van der Waals surface area contributed by atoms with Crippen molar-refractivity contribution in [2.45, 2.75) is 32.7 Å². The summed E-state index contributed by atoms with van der Waals surface area (Å²) in [5.74, 6) is 1.30. The molecule has 1 amide bonds. The summed E-state index contributed by atoms with van der Waals surface area (Å²) >= 11 is 0. The average Bonchev–Trinajstić information content (AvgIpc) is 2.68. The van der Waals surface area contributed by atoms with Gasteiger partial charge in [-0.25, -0.2) is 15.0 Å². The summed E-state index contributed by atoms with van der Waals surface area (Å²) in [7, 11) is 0. The van der Waals surface area contributed by atoms with Crippen molar-refractivity contribution in [3.63, 3.8) is 0 Å². The first kappa shape index (κ1) is 18.0. The van der Waals surface area contributed by atoms with Gasteiger partial charge >= 0.3 is 0 Å². The first-order valence-electron chi connectivity index (χ1n) is 9.37. The number of anilines is 1. The van der Waals surface area contributed by atoms with Gasteiger partial charge in [-0.15, -0.1) is 0 Å². The highest BCUT2D eigenvalue weighted by Crippen LogP contribution is 2.29. The summed E-state index contributed by atoms with van der Waals surface area (Å²) in [6.07, 6.45) is 5.06. The lowest BCUT2D eigenvalue weighted by Crippen LogP contribution is -2.10. The second-order valence-electron chi connectivity index (χ2n) is 7.18. The van der Waals surface area contributed by atoms with Crippen LogP contribution in [0.2, 0.25) is 0 Å². The Morgan fingerprint density at radius 3 is 2.68 bits per heavy atom. The number of nitrogens with one attached hydrogen (secondary N) is 1. The number of aryl methyl sites for hydroxylation is 2. The number of amides is 1. The van der Waals surface area contributed by atoms with Crippen molar-refractivity contribution in [3.05, 3.63) is 77.1 Å². The van der Waals surface area contributed by atoms with E-state index in [0.29, 0.717) is 0 Å². The molecule has 0 radical (unpaired) electrons. The van der Waals surface area contributed by atoms with Crippen molar-refractivity contribution in [1.82, 2.24) is 9.97 Å². The summed E-state index contributed by atoms with van der Waals surface area (Å²) in [6.45, 7) is 6.12. The molecule has 1 unspecified atom stereocenters. The fraction of sp³-hybridized carbons (Fsp3) is 0.217. The lowest BCUT2D eigenvalue weighted by atomic mass is 9.96. The monoisotopic (exact) mass is 370 g/mol. The number of hydrogen-bond acceptors (Lipinski definition) is 4. The minimum absolute atomic E-state index is 0.0227. The highest BCUT2D eigenvalue weighted by atomic mass is 16.1. The highest BCUT2D eigenvalue weighted by molar-refractivity contribution is 5.99. The summed E-state index contributed by atoms with van der Waals surface area (Å²) in [6, 6.07) is 14.7. The summed E-state index contributed by atoms with van der Waals surface area (Å²) in [5, 5.41) is 4.51. The molecule has 1 aromatic heterocycles. The van der Waals surface area contributed by atoms with Crippen molar-refractivity contribution < 1.29 is 4.79 Å². The predicted molar refractivity (Wildman–Crippen MR) is 113 cm³/mol. The molecule has 3 aromatic rings. The van der Waals surface area contributed by atoms with E-state index in [1.165, 1.54) is 17.2 Å². The summed E-state index contributed by atoms with van der Waals surface area (Å²) < 4.78 is 0. The Morgan fingerprint density at radius 1 is 1.07 bits per heavy atom. The molecule has 2 atom stereocenters. The molecule has 0 aliphatic carbocycles. The molecule has 0 fully saturated rings. The number of carbonyl (C=O) groups is 1. The second-order valence-corrected chi connectivity index (χ2v) is 7.18. The quantitative estimate of drug-likeness (QED) is 0.725. The van der Waals surface area contributed by atoms with Crippen molar-refractivity contribution in [3.8, 4) is 0 Å². The minimum Gasteiger partial charge on any atom is -0.363 e. The minimum atomic E-state index is -0.217. The molecule has 5 nitrogen and oxygen atoms in total. The Bertz CT molecular complexity index is 1100. The van der Waals surface area contributed by atoms with Gasteiger partial charge in [-0.3, -0.25) is 4.79 Å². The van der Waals surface area contributed by atoms with Crippen LogP contribution in [0.3, 0.4) is 0 Å². The Morgan fingerprint density at radius 2 is 1.93 bits per heavy atom. The van der Waals surface area contributed by atoms with Crippen LogP contribution < -0.4 is 5.32 Å². The number of carbonyl (C=O) groups excluding carboxylic acids is 1. The van der Waals surface area contributed by atoms with Gasteiger partial charge < -0.3 is 5.32 Å². The molecule has 2 heterocycles. The smallest absolute Gasteiger partial charge is 0.269 e. The van der Waals surface area contributed by atoms with Crippen LogP contribution in [0.15, 0.2) is 59.6 Å². The number of rotatable bonds is 4. The third kappa shape index (κ3) is 3.69. The number of allylic oxidation sites excluding steroid dienone is 1. The van der Waals surface area contributed by atoms with Crippen LogP contribution in [0.4, 0.5) is 5.82 Å². The van der Waals surface area contributed by atoms with Gasteiger partial charge in [0.2, 0.25) is 0 Å². The number of fused-ring (bicyclic) bond motifs is 1. The maximum absolute atomic E-state index is 11.3. The van der Waals surface area contributed by atoms with Crippen LogP contribution in [0, 0.1) is 13.8 Å². The average molecular weight is 370 g/mol. The first-order chi connectivity index (χ1) is 13.5. The van der Waals surface area contributed by atoms with Crippen LogP contribution in [0.5, 0.6) is 0 Å². The van der Waals surface area contributed by atoms with Gasteiger partial charge in [0.15, 0.2) is 0 Å². The predicted octanol–water partition coefficient (Wildman–Crippen LogP) is 4.67. The van der Waals surface area contributed by atoms with Crippen LogP contribution in [-0.4, -0.2) is 22.1 Å². The molecule has 2 aromatic carbocycles. The van der Waals surface area contributed by atoms with E-state index in [0.717, 1.165) is 28.1 Å². The van der Waals surface area contributed by atoms with Crippen molar-refractivity contribution in [2.24, 2.45) is 4.99 Å². The number of benzene rings is 2. The maximum Gasteiger partial charge on any atom is 0.269 e. The van der Waals surface area contributed by atoms with E-state index in [9.17, 15) is 4.79 Å². The molecule has 4 rings (SSSR count). The Hall–Kier alpha value is -3.34. The maximum atomic E-state index is 11.3. The van der Waals surface area contributed by atoms with Gasteiger partial charge in [0.1, 0.15) is 11.6 Å². The van der Waals surface area contributed by atoms with E-state index in [2.05, 4.69) is 64.5 Å². The Labute approximate surface area is 164 Å². The van der Waals surface area contributed by atoms with E-state index >= 15 is 0 Å². The highest BCUT2D eigenvalue weighted by Gasteiger charge is 2.15. The van der Waals surface area contributed by atoms with Gasteiger partial charge in [-0.2, -0.15) is 0 Å². The van der Waals surface area contributed by atoms with Gasteiger partial charge in [0.25, 0.3) is 5.91 Å². The van der Waals surface area contributed by atoms with Gasteiger partial charge in [0.05, 0.1) is 5.52 Å². The summed E-state index contributed by atoms with van der Waals surface area (Å²) in [4.78, 5) is 24.4. The van der Waals surface area contributed by atoms with Crippen LogP contribution in [0.1, 0.15) is 41.4 Å². The largest absolute Gasteiger partial charge is 0.363 e.